The van der Waals surface area contributed by atoms with E-state index in [0.29, 0.717) is 11.8 Å². The number of ether oxygens (including phenoxy) is 1. The maximum absolute atomic E-state index is 12.2. The van der Waals surface area contributed by atoms with Crippen LogP contribution in [0.3, 0.4) is 0 Å². The zero-order chi connectivity index (χ0) is 16.8. The van der Waals surface area contributed by atoms with Crippen LogP contribution in [-0.4, -0.2) is 55.6 Å². The highest BCUT2D eigenvalue weighted by atomic mass is 16.6. The Labute approximate surface area is 134 Å². The largest absolute Gasteiger partial charge is 0.496 e. The fraction of sp³-hybridized carbons (Fsp3) is 0.533. The molecule has 126 valence electrons. The second kappa shape index (κ2) is 7.89. The van der Waals surface area contributed by atoms with Crippen molar-refractivity contribution in [3.05, 3.63) is 28.3 Å². The highest BCUT2D eigenvalue weighted by Crippen LogP contribution is 2.28. The Balaban J connectivity index is 2.01. The maximum atomic E-state index is 12.2. The monoisotopic (exact) mass is 322 g/mol. The zero-order valence-corrected chi connectivity index (χ0v) is 13.4. The van der Waals surface area contributed by atoms with E-state index in [4.69, 9.17) is 4.74 Å². The zero-order valence-electron chi connectivity index (χ0n) is 13.4. The topological polar surface area (TPSA) is 96.7 Å². The first-order valence-corrected chi connectivity index (χ1v) is 7.55. The second-order valence-electron chi connectivity index (χ2n) is 5.55. The van der Waals surface area contributed by atoms with Crippen LogP contribution < -0.4 is 15.4 Å². The van der Waals surface area contributed by atoms with E-state index in [2.05, 4.69) is 15.5 Å². The summed E-state index contributed by atoms with van der Waals surface area (Å²) >= 11 is 0. The van der Waals surface area contributed by atoms with Gasteiger partial charge in [-0.2, -0.15) is 0 Å². The summed E-state index contributed by atoms with van der Waals surface area (Å²) < 4.78 is 4.98. The molecular formula is C15H22N4O4. The highest BCUT2D eigenvalue weighted by Gasteiger charge is 2.22. The number of hydrogen-bond donors (Lipinski definition) is 2. The Kier molecular flexibility index (Phi) is 5.89. The molecule has 0 radical (unpaired) electrons. The molecule has 23 heavy (non-hydrogen) atoms. The summed E-state index contributed by atoms with van der Waals surface area (Å²) in [7, 11) is 3.35. The van der Waals surface area contributed by atoms with Crippen LogP contribution in [0.1, 0.15) is 12.8 Å². The number of nitrogens with one attached hydrogen (secondary N) is 2. The van der Waals surface area contributed by atoms with Crippen molar-refractivity contribution >= 4 is 17.3 Å². The van der Waals surface area contributed by atoms with Gasteiger partial charge in [0.2, 0.25) is 5.91 Å². The Morgan fingerprint density at radius 2 is 2.30 bits per heavy atom. The number of nitrogens with zero attached hydrogens (tertiary/aromatic N) is 2. The number of hydrogen-bond acceptors (Lipinski definition) is 6. The lowest BCUT2D eigenvalue weighted by atomic mass is 10.1. The lowest BCUT2D eigenvalue weighted by Crippen LogP contribution is -2.46. The minimum atomic E-state index is -0.532. The van der Waals surface area contributed by atoms with Gasteiger partial charge >= 0.3 is 0 Å². The molecule has 1 unspecified atom stereocenters. The minimum Gasteiger partial charge on any atom is -0.496 e. The van der Waals surface area contributed by atoms with Crippen molar-refractivity contribution in [1.29, 1.82) is 0 Å². The number of rotatable bonds is 6. The van der Waals surface area contributed by atoms with Gasteiger partial charge in [-0.15, -0.1) is 0 Å². The molecule has 1 aliphatic heterocycles. The molecule has 1 fully saturated rings. The Morgan fingerprint density at radius 1 is 1.52 bits per heavy atom. The summed E-state index contributed by atoms with van der Waals surface area (Å²) in [5.74, 6) is 0.123. The molecule has 1 aromatic rings. The Morgan fingerprint density at radius 3 is 2.96 bits per heavy atom. The van der Waals surface area contributed by atoms with Crippen LogP contribution in [0.15, 0.2) is 18.2 Å². The summed E-state index contributed by atoms with van der Waals surface area (Å²) in [4.78, 5) is 24.8. The van der Waals surface area contributed by atoms with E-state index in [-0.39, 0.29) is 23.8 Å². The average molecular weight is 322 g/mol. The van der Waals surface area contributed by atoms with E-state index >= 15 is 0 Å². The van der Waals surface area contributed by atoms with Crippen LogP contribution in [0.25, 0.3) is 0 Å². The van der Waals surface area contributed by atoms with Crippen LogP contribution >= 0.6 is 0 Å². The number of benzene rings is 1. The van der Waals surface area contributed by atoms with Crippen LogP contribution in [0, 0.1) is 10.1 Å². The van der Waals surface area contributed by atoms with E-state index in [9.17, 15) is 14.9 Å². The molecule has 0 spiro atoms. The van der Waals surface area contributed by atoms with Crippen molar-refractivity contribution in [2.45, 2.75) is 18.9 Å². The van der Waals surface area contributed by atoms with Gasteiger partial charge in [-0.25, -0.2) is 0 Å². The van der Waals surface area contributed by atoms with E-state index in [1.54, 1.807) is 6.07 Å². The number of carbonyl (C=O) groups excluding carboxylic acids is 1. The summed E-state index contributed by atoms with van der Waals surface area (Å²) in [5.41, 5.74) is 0.00687. The van der Waals surface area contributed by atoms with Gasteiger partial charge in [0, 0.05) is 12.6 Å². The first-order valence-electron chi connectivity index (χ1n) is 7.55. The summed E-state index contributed by atoms with van der Waals surface area (Å²) in [6.45, 7) is 1.88. The number of likely N-dealkylation sites (N-methyl/N-ethyl adjacent to an activating group) is 1. The van der Waals surface area contributed by atoms with Crippen LogP contribution in [-0.2, 0) is 4.79 Å². The lowest BCUT2D eigenvalue weighted by molar-refractivity contribution is -0.384. The molecule has 8 nitrogen and oxygen atoms in total. The van der Waals surface area contributed by atoms with Crippen molar-refractivity contribution in [2.24, 2.45) is 0 Å². The first kappa shape index (κ1) is 17.2. The van der Waals surface area contributed by atoms with Crippen molar-refractivity contribution in [1.82, 2.24) is 10.2 Å². The first-order chi connectivity index (χ1) is 11.0. The molecule has 0 aromatic heterocycles. The number of nitro groups is 1. The number of anilines is 1. The molecule has 1 atom stereocenters. The number of likely N-dealkylation sites (tertiary alicyclic amines) is 1. The quantitative estimate of drug-likeness (QED) is 0.604. The summed E-state index contributed by atoms with van der Waals surface area (Å²) in [6, 6.07) is 4.75. The second-order valence-corrected chi connectivity index (χ2v) is 5.55. The predicted molar refractivity (Wildman–Crippen MR) is 86.8 cm³/mol. The number of nitro benzene ring substituents is 1. The standard InChI is InChI=1S/C15H22N4O4/c1-16-11-4-3-7-18(9-11)10-15(20)17-13-6-5-12(23-2)8-14(13)19(21)22/h5-6,8,11,16H,3-4,7,9-10H2,1-2H3,(H,17,20). The van der Waals surface area contributed by atoms with Gasteiger partial charge in [0.25, 0.3) is 5.69 Å². The molecule has 1 saturated heterocycles. The smallest absolute Gasteiger partial charge is 0.296 e. The third kappa shape index (κ3) is 4.64. The fourth-order valence-corrected chi connectivity index (χ4v) is 2.72. The third-order valence-electron chi connectivity index (χ3n) is 3.96. The normalized spacial score (nSPS) is 18.4. The number of amides is 1. The maximum Gasteiger partial charge on any atom is 0.296 e. The van der Waals surface area contributed by atoms with Gasteiger partial charge < -0.3 is 15.4 Å². The molecule has 0 saturated carbocycles. The number of methoxy groups -OCH3 is 1. The lowest BCUT2D eigenvalue weighted by Gasteiger charge is -2.31. The molecule has 0 bridgehead atoms. The van der Waals surface area contributed by atoms with Crippen molar-refractivity contribution in [2.75, 3.05) is 39.1 Å². The van der Waals surface area contributed by atoms with Crippen LogP contribution in [0.4, 0.5) is 11.4 Å². The van der Waals surface area contributed by atoms with Gasteiger partial charge in [-0.3, -0.25) is 19.8 Å². The summed E-state index contributed by atoms with van der Waals surface area (Å²) in [6.07, 6.45) is 2.13. The SMILES string of the molecule is CNC1CCCN(CC(=O)Nc2ccc(OC)cc2[N+](=O)[O-])C1. The van der Waals surface area contributed by atoms with Gasteiger partial charge in [0.1, 0.15) is 11.4 Å². The predicted octanol–water partition coefficient (Wildman–Crippen LogP) is 1.23. The fourth-order valence-electron chi connectivity index (χ4n) is 2.72. The van der Waals surface area contributed by atoms with Crippen molar-refractivity contribution < 1.29 is 14.5 Å². The van der Waals surface area contributed by atoms with Crippen LogP contribution in [0.5, 0.6) is 5.75 Å². The van der Waals surface area contributed by atoms with E-state index in [1.807, 2.05) is 7.05 Å². The van der Waals surface area contributed by atoms with E-state index < -0.39 is 4.92 Å². The minimum absolute atomic E-state index is 0.176. The third-order valence-corrected chi connectivity index (χ3v) is 3.96. The van der Waals surface area contributed by atoms with Gasteiger partial charge in [0.15, 0.2) is 0 Å². The van der Waals surface area contributed by atoms with Gasteiger partial charge in [0.05, 0.1) is 24.6 Å². The van der Waals surface area contributed by atoms with Gasteiger partial charge in [-0.1, -0.05) is 0 Å². The van der Waals surface area contributed by atoms with Crippen molar-refractivity contribution in [3.8, 4) is 5.75 Å². The molecule has 0 aliphatic carbocycles. The molecule has 1 aromatic carbocycles. The highest BCUT2D eigenvalue weighted by molar-refractivity contribution is 5.94. The molecule has 2 N–H and O–H groups in total. The van der Waals surface area contributed by atoms with Crippen LogP contribution in [0.2, 0.25) is 0 Å². The summed E-state index contributed by atoms with van der Waals surface area (Å²) in [5, 5.41) is 17.0. The van der Waals surface area contributed by atoms with E-state index in [1.165, 1.54) is 19.2 Å². The number of carbonyl (C=O) groups is 1. The Bertz CT molecular complexity index is 579. The van der Waals surface area contributed by atoms with Gasteiger partial charge in [-0.05, 0) is 38.6 Å². The Hall–Kier alpha value is -2.19. The number of piperidine rings is 1. The molecule has 2 rings (SSSR count). The molecule has 1 heterocycles. The van der Waals surface area contributed by atoms with E-state index in [0.717, 1.165) is 25.9 Å². The molecular weight excluding hydrogens is 300 g/mol. The van der Waals surface area contributed by atoms with Crippen molar-refractivity contribution in [3.63, 3.8) is 0 Å². The molecule has 1 amide bonds. The average Bonchev–Trinajstić information content (AvgIpc) is 2.55. The molecule has 8 heteroatoms. The molecule has 1 aliphatic rings.